The van der Waals surface area contributed by atoms with Crippen LogP contribution in [0.2, 0.25) is 0 Å². The van der Waals surface area contributed by atoms with E-state index in [1.165, 1.54) is 22.3 Å². The predicted molar refractivity (Wildman–Crippen MR) is 114 cm³/mol. The van der Waals surface area contributed by atoms with Crippen LogP contribution in [0.3, 0.4) is 0 Å². The molecule has 0 heterocycles. The zero-order valence-corrected chi connectivity index (χ0v) is 16.5. The average Bonchev–Trinajstić information content (AvgIpc) is 3.07. The number of ether oxygens (including phenoxy) is 1. The molecular weight excluding hydrogens is 362 g/mol. The molecule has 4 heteroatoms. The molecule has 0 fully saturated rings. The van der Waals surface area contributed by atoms with Gasteiger partial charge in [0.05, 0.1) is 6.54 Å². The molecule has 0 bridgehead atoms. The first kappa shape index (κ1) is 19.1. The van der Waals surface area contributed by atoms with E-state index in [0.29, 0.717) is 19.7 Å². The van der Waals surface area contributed by atoms with Crippen molar-refractivity contribution in [1.29, 1.82) is 0 Å². The summed E-state index contributed by atoms with van der Waals surface area (Å²) in [6.45, 7) is 3.23. The van der Waals surface area contributed by atoms with Crippen LogP contribution in [0.4, 0.5) is 4.79 Å². The summed E-state index contributed by atoms with van der Waals surface area (Å²) in [4.78, 5) is 14.5. The molecule has 0 saturated carbocycles. The number of benzene rings is 3. The van der Waals surface area contributed by atoms with Crippen LogP contribution in [-0.4, -0.2) is 29.3 Å². The summed E-state index contributed by atoms with van der Waals surface area (Å²) in [5.74, 6) is 0.236. The highest BCUT2D eigenvalue weighted by atomic mass is 16.6. The number of aromatic hydroxyl groups is 1. The van der Waals surface area contributed by atoms with Crippen molar-refractivity contribution in [2.24, 2.45) is 0 Å². The van der Waals surface area contributed by atoms with Crippen LogP contribution in [0.25, 0.3) is 11.1 Å². The Morgan fingerprint density at radius 2 is 1.52 bits per heavy atom. The molecule has 1 aliphatic carbocycles. The summed E-state index contributed by atoms with van der Waals surface area (Å²) < 4.78 is 5.77. The van der Waals surface area contributed by atoms with Crippen LogP contribution in [0, 0.1) is 0 Å². The van der Waals surface area contributed by atoms with Crippen LogP contribution in [0.5, 0.6) is 5.75 Å². The second kappa shape index (κ2) is 8.39. The Labute approximate surface area is 171 Å². The molecule has 4 rings (SSSR count). The van der Waals surface area contributed by atoms with Gasteiger partial charge in [-0.1, -0.05) is 73.7 Å². The van der Waals surface area contributed by atoms with Gasteiger partial charge in [-0.3, -0.25) is 0 Å². The summed E-state index contributed by atoms with van der Waals surface area (Å²) in [5, 5.41) is 10.1. The molecule has 0 radical (unpaired) electrons. The Kier molecular flexibility index (Phi) is 5.52. The third kappa shape index (κ3) is 3.83. The monoisotopic (exact) mass is 387 g/mol. The average molecular weight is 387 g/mol. The molecule has 0 aliphatic heterocycles. The van der Waals surface area contributed by atoms with Crippen molar-refractivity contribution in [3.63, 3.8) is 0 Å². The van der Waals surface area contributed by atoms with Gasteiger partial charge in [0.2, 0.25) is 0 Å². The Morgan fingerprint density at radius 3 is 2.14 bits per heavy atom. The number of phenolic OH excluding ortho intramolecular Hbond substituents is 1. The normalized spacial score (nSPS) is 12.3. The van der Waals surface area contributed by atoms with Gasteiger partial charge in [-0.15, -0.1) is 0 Å². The first-order valence-corrected chi connectivity index (χ1v) is 10.1. The second-order valence-corrected chi connectivity index (χ2v) is 7.35. The molecule has 3 aromatic rings. The number of nitrogens with zero attached hydrogens (tertiary/aromatic N) is 1. The van der Waals surface area contributed by atoms with Crippen molar-refractivity contribution in [3.8, 4) is 16.9 Å². The van der Waals surface area contributed by atoms with E-state index in [9.17, 15) is 9.90 Å². The van der Waals surface area contributed by atoms with Gasteiger partial charge >= 0.3 is 6.09 Å². The van der Waals surface area contributed by atoms with E-state index < -0.39 is 0 Å². The van der Waals surface area contributed by atoms with Crippen molar-refractivity contribution >= 4 is 6.09 Å². The highest BCUT2D eigenvalue weighted by Gasteiger charge is 2.29. The molecular formula is C25H25NO3. The highest BCUT2D eigenvalue weighted by Crippen LogP contribution is 2.44. The third-order valence-corrected chi connectivity index (χ3v) is 5.44. The Hall–Kier alpha value is -3.27. The van der Waals surface area contributed by atoms with E-state index in [1.54, 1.807) is 17.0 Å². The smallest absolute Gasteiger partial charge is 0.410 e. The molecule has 1 aliphatic rings. The minimum Gasteiger partial charge on any atom is -0.508 e. The maximum absolute atomic E-state index is 12.9. The van der Waals surface area contributed by atoms with Crippen molar-refractivity contribution < 1.29 is 14.6 Å². The van der Waals surface area contributed by atoms with Gasteiger partial charge < -0.3 is 14.7 Å². The number of para-hydroxylation sites is 1. The molecule has 29 heavy (non-hydrogen) atoms. The molecule has 0 unspecified atom stereocenters. The van der Waals surface area contributed by atoms with E-state index >= 15 is 0 Å². The van der Waals surface area contributed by atoms with Gasteiger partial charge in [-0.05, 0) is 34.7 Å². The third-order valence-electron chi connectivity index (χ3n) is 5.44. The van der Waals surface area contributed by atoms with Crippen molar-refractivity contribution in [2.45, 2.75) is 25.8 Å². The maximum Gasteiger partial charge on any atom is 0.410 e. The van der Waals surface area contributed by atoms with Gasteiger partial charge in [0.25, 0.3) is 0 Å². The lowest BCUT2D eigenvalue weighted by Crippen LogP contribution is -2.32. The first-order valence-electron chi connectivity index (χ1n) is 10.1. The number of carbonyl (C=O) groups is 1. The number of phenols is 1. The summed E-state index contributed by atoms with van der Waals surface area (Å²) in [6, 6.07) is 23.7. The number of carbonyl (C=O) groups excluding carboxylic acids is 1. The van der Waals surface area contributed by atoms with Gasteiger partial charge in [-0.2, -0.15) is 0 Å². The van der Waals surface area contributed by atoms with Gasteiger partial charge in [0, 0.05) is 18.0 Å². The molecule has 148 valence electrons. The number of rotatable bonds is 6. The van der Waals surface area contributed by atoms with Gasteiger partial charge in [0.1, 0.15) is 12.4 Å². The van der Waals surface area contributed by atoms with Crippen LogP contribution >= 0.6 is 0 Å². The van der Waals surface area contributed by atoms with Crippen LogP contribution in [0.1, 0.15) is 36.0 Å². The summed E-state index contributed by atoms with van der Waals surface area (Å²) in [5.41, 5.74) is 5.54. The summed E-state index contributed by atoms with van der Waals surface area (Å²) in [7, 11) is 0. The minimum atomic E-state index is -0.350. The lowest BCUT2D eigenvalue weighted by Gasteiger charge is -2.23. The minimum absolute atomic E-state index is 0.0416. The topological polar surface area (TPSA) is 49.8 Å². The highest BCUT2D eigenvalue weighted by molar-refractivity contribution is 5.79. The molecule has 0 saturated heterocycles. The molecule has 4 nitrogen and oxygen atoms in total. The number of hydrogen-bond donors (Lipinski definition) is 1. The zero-order valence-electron chi connectivity index (χ0n) is 16.5. The van der Waals surface area contributed by atoms with E-state index in [4.69, 9.17) is 4.74 Å². The van der Waals surface area contributed by atoms with Crippen molar-refractivity contribution in [1.82, 2.24) is 4.90 Å². The van der Waals surface area contributed by atoms with E-state index in [0.717, 1.165) is 12.0 Å². The van der Waals surface area contributed by atoms with Crippen LogP contribution < -0.4 is 0 Å². The quantitative estimate of drug-likeness (QED) is 0.603. The summed E-state index contributed by atoms with van der Waals surface area (Å²) in [6.07, 6.45) is 0.467. The number of amides is 1. The largest absolute Gasteiger partial charge is 0.508 e. The Morgan fingerprint density at radius 1 is 0.931 bits per heavy atom. The molecule has 0 spiro atoms. The van der Waals surface area contributed by atoms with E-state index in [2.05, 4.69) is 24.3 Å². The molecule has 3 aromatic carbocycles. The Bertz CT molecular complexity index is 969. The lowest BCUT2D eigenvalue weighted by atomic mass is 9.98. The standard InChI is InChI=1S/C25H25NO3/c1-2-15-26(16-18-9-3-8-14-24(18)27)25(28)29-17-23-21-12-6-4-10-19(21)20-11-5-7-13-22(20)23/h3-14,23,27H,2,15-17H2,1H3. The van der Waals surface area contributed by atoms with Crippen LogP contribution in [0.15, 0.2) is 72.8 Å². The first-order chi connectivity index (χ1) is 14.2. The number of hydrogen-bond acceptors (Lipinski definition) is 3. The molecule has 0 aromatic heterocycles. The Balaban J connectivity index is 1.50. The fourth-order valence-electron chi connectivity index (χ4n) is 4.04. The van der Waals surface area contributed by atoms with E-state index in [-0.39, 0.29) is 17.8 Å². The summed E-state index contributed by atoms with van der Waals surface area (Å²) >= 11 is 0. The lowest BCUT2D eigenvalue weighted by molar-refractivity contribution is 0.0969. The van der Waals surface area contributed by atoms with E-state index in [1.807, 2.05) is 43.3 Å². The molecule has 1 amide bonds. The van der Waals surface area contributed by atoms with Crippen molar-refractivity contribution in [3.05, 3.63) is 89.5 Å². The van der Waals surface area contributed by atoms with Gasteiger partial charge in [-0.25, -0.2) is 4.79 Å². The fourth-order valence-corrected chi connectivity index (χ4v) is 4.04. The number of fused-ring (bicyclic) bond motifs is 3. The molecule has 0 atom stereocenters. The fraction of sp³-hybridized carbons (Fsp3) is 0.240. The molecule has 1 N–H and O–H groups in total. The second-order valence-electron chi connectivity index (χ2n) is 7.35. The van der Waals surface area contributed by atoms with Crippen molar-refractivity contribution in [2.75, 3.05) is 13.2 Å². The zero-order chi connectivity index (χ0) is 20.2. The predicted octanol–water partition coefficient (Wildman–Crippen LogP) is 5.55. The maximum atomic E-state index is 12.9. The van der Waals surface area contributed by atoms with Crippen LogP contribution in [-0.2, 0) is 11.3 Å². The SMILES string of the molecule is CCCN(Cc1ccccc1O)C(=O)OCC1c2ccccc2-c2ccccc21. The van der Waals surface area contributed by atoms with Gasteiger partial charge in [0.15, 0.2) is 0 Å².